The Kier molecular flexibility index (Phi) is 20.2. The van der Waals surface area contributed by atoms with Crippen molar-refractivity contribution >= 4 is 0 Å². The van der Waals surface area contributed by atoms with E-state index in [0.29, 0.717) is 6.10 Å². The third-order valence-corrected chi connectivity index (χ3v) is 7.92. The lowest BCUT2D eigenvalue weighted by Crippen LogP contribution is -2.32. The fraction of sp³-hybridized carbons (Fsp3) is 0.848. The highest BCUT2D eigenvalue weighted by Gasteiger charge is 2.24. The van der Waals surface area contributed by atoms with Gasteiger partial charge in [0, 0.05) is 31.8 Å². The SMILES string of the molecule is CCCCCCCCCCCCCCCCC1COC(COCCCCCCC[n+]2ccccc2)C1. The minimum atomic E-state index is 0.351. The molecule has 1 aliphatic heterocycles. The number of aryl methyl sites for hydroxylation is 1. The van der Waals surface area contributed by atoms with Crippen LogP contribution in [0, 0.1) is 5.92 Å². The van der Waals surface area contributed by atoms with Crippen LogP contribution in [-0.2, 0) is 16.0 Å². The smallest absolute Gasteiger partial charge is 0.168 e. The third kappa shape index (κ3) is 17.5. The molecule has 0 spiro atoms. The van der Waals surface area contributed by atoms with Crippen molar-refractivity contribution in [1.29, 1.82) is 0 Å². The number of hydrogen-bond acceptors (Lipinski definition) is 2. The summed E-state index contributed by atoms with van der Waals surface area (Å²) in [7, 11) is 0. The van der Waals surface area contributed by atoms with Crippen molar-refractivity contribution in [2.45, 2.75) is 154 Å². The molecule has 2 heterocycles. The second-order valence-electron chi connectivity index (χ2n) is 11.4. The Morgan fingerprint density at radius 3 is 1.86 bits per heavy atom. The standard InChI is InChI=1S/C33H60NO2/c1-2-3-4-5-6-7-8-9-10-11-12-13-15-19-24-32-29-33(36-30-32)31-35-28-23-17-14-16-20-25-34-26-21-18-22-27-34/h18,21-22,26-27,32-33H,2-17,19-20,23-25,28-31H2,1H3/q+1. The summed E-state index contributed by atoms with van der Waals surface area (Å²) in [6.07, 6.45) is 33.8. The molecular weight excluding hydrogens is 442 g/mol. The van der Waals surface area contributed by atoms with Crippen LogP contribution < -0.4 is 4.57 Å². The second kappa shape index (κ2) is 23.2. The van der Waals surface area contributed by atoms with Gasteiger partial charge in [0.15, 0.2) is 12.4 Å². The molecule has 3 nitrogen and oxygen atoms in total. The molecule has 1 aromatic rings. The van der Waals surface area contributed by atoms with Crippen molar-refractivity contribution < 1.29 is 14.0 Å². The zero-order chi connectivity index (χ0) is 25.4. The number of hydrogen-bond donors (Lipinski definition) is 0. The van der Waals surface area contributed by atoms with E-state index in [9.17, 15) is 0 Å². The molecule has 2 atom stereocenters. The molecule has 1 aliphatic rings. The first-order chi connectivity index (χ1) is 17.9. The van der Waals surface area contributed by atoms with Gasteiger partial charge < -0.3 is 9.47 Å². The molecular formula is C33H60NO2+. The Bertz CT molecular complexity index is 578. The Morgan fingerprint density at radius 1 is 0.667 bits per heavy atom. The van der Waals surface area contributed by atoms with Gasteiger partial charge in [0.05, 0.1) is 12.7 Å². The normalized spacial score (nSPS) is 17.7. The van der Waals surface area contributed by atoms with Crippen LogP contribution in [0.5, 0.6) is 0 Å². The van der Waals surface area contributed by atoms with Crippen molar-refractivity contribution in [2.75, 3.05) is 19.8 Å². The number of unbranched alkanes of at least 4 members (excludes halogenated alkanes) is 17. The van der Waals surface area contributed by atoms with E-state index in [1.807, 2.05) is 0 Å². The number of ether oxygens (including phenoxy) is 2. The van der Waals surface area contributed by atoms with E-state index in [1.54, 1.807) is 0 Å². The topological polar surface area (TPSA) is 22.3 Å². The van der Waals surface area contributed by atoms with Gasteiger partial charge in [-0.3, -0.25) is 0 Å². The number of rotatable bonds is 25. The lowest BCUT2D eigenvalue weighted by atomic mass is 9.97. The van der Waals surface area contributed by atoms with Crippen LogP contribution in [0.3, 0.4) is 0 Å². The molecule has 1 fully saturated rings. The van der Waals surface area contributed by atoms with Crippen molar-refractivity contribution in [2.24, 2.45) is 5.92 Å². The third-order valence-electron chi connectivity index (χ3n) is 7.92. The van der Waals surface area contributed by atoms with Crippen molar-refractivity contribution in [3.63, 3.8) is 0 Å². The van der Waals surface area contributed by atoms with Crippen LogP contribution in [0.2, 0.25) is 0 Å². The zero-order valence-corrected chi connectivity index (χ0v) is 24.0. The molecule has 0 radical (unpaired) electrons. The van der Waals surface area contributed by atoms with Gasteiger partial charge in [0.2, 0.25) is 0 Å². The van der Waals surface area contributed by atoms with Gasteiger partial charge in [-0.25, -0.2) is 4.57 Å². The van der Waals surface area contributed by atoms with Crippen LogP contribution >= 0.6 is 0 Å². The van der Waals surface area contributed by atoms with E-state index < -0.39 is 0 Å². The van der Waals surface area contributed by atoms with E-state index in [0.717, 1.165) is 32.3 Å². The maximum atomic E-state index is 6.01. The highest BCUT2D eigenvalue weighted by Crippen LogP contribution is 2.25. The maximum Gasteiger partial charge on any atom is 0.168 e. The van der Waals surface area contributed by atoms with Gasteiger partial charge in [-0.15, -0.1) is 0 Å². The van der Waals surface area contributed by atoms with Crippen LogP contribution in [0.1, 0.15) is 142 Å². The molecule has 3 heteroatoms. The summed E-state index contributed by atoms with van der Waals surface area (Å²) in [5, 5.41) is 0. The van der Waals surface area contributed by atoms with Gasteiger partial charge in [-0.1, -0.05) is 116 Å². The van der Waals surface area contributed by atoms with Gasteiger partial charge >= 0.3 is 0 Å². The van der Waals surface area contributed by atoms with E-state index in [2.05, 4.69) is 42.1 Å². The van der Waals surface area contributed by atoms with Crippen molar-refractivity contribution in [3.05, 3.63) is 30.6 Å². The molecule has 1 saturated heterocycles. The Labute approximate surface area is 224 Å². The quantitative estimate of drug-likeness (QED) is 0.0982. The number of pyridine rings is 1. The van der Waals surface area contributed by atoms with E-state index >= 15 is 0 Å². The average molecular weight is 503 g/mol. The Hall–Kier alpha value is -0.930. The highest BCUT2D eigenvalue weighted by atomic mass is 16.5. The molecule has 2 rings (SSSR count). The molecule has 0 N–H and O–H groups in total. The van der Waals surface area contributed by atoms with Gasteiger partial charge in [-0.2, -0.15) is 0 Å². The summed E-state index contributed by atoms with van der Waals surface area (Å²) in [4.78, 5) is 0. The van der Waals surface area contributed by atoms with Crippen molar-refractivity contribution in [3.8, 4) is 0 Å². The van der Waals surface area contributed by atoms with Crippen molar-refractivity contribution in [1.82, 2.24) is 0 Å². The van der Waals surface area contributed by atoms with Crippen LogP contribution in [0.4, 0.5) is 0 Å². The average Bonchev–Trinajstić information content (AvgIpc) is 3.36. The Morgan fingerprint density at radius 2 is 1.22 bits per heavy atom. The summed E-state index contributed by atoms with van der Waals surface area (Å²) >= 11 is 0. The van der Waals surface area contributed by atoms with Crippen LogP contribution in [0.25, 0.3) is 0 Å². The summed E-state index contributed by atoms with van der Waals surface area (Å²) in [6.45, 7) is 6.10. The summed E-state index contributed by atoms with van der Waals surface area (Å²) in [6, 6.07) is 6.29. The van der Waals surface area contributed by atoms with Gasteiger partial charge in [0.1, 0.15) is 6.54 Å². The second-order valence-corrected chi connectivity index (χ2v) is 11.4. The summed E-state index contributed by atoms with van der Waals surface area (Å²) in [5.74, 6) is 0.776. The fourth-order valence-electron chi connectivity index (χ4n) is 5.55. The molecule has 2 unspecified atom stereocenters. The Balaban J connectivity index is 1.26. The molecule has 1 aromatic heterocycles. The molecule has 0 aliphatic carbocycles. The molecule has 36 heavy (non-hydrogen) atoms. The number of aromatic nitrogens is 1. The largest absolute Gasteiger partial charge is 0.379 e. The van der Waals surface area contributed by atoms with E-state index in [1.165, 1.54) is 135 Å². The first-order valence-electron chi connectivity index (χ1n) is 16.0. The van der Waals surface area contributed by atoms with Gasteiger partial charge in [0.25, 0.3) is 0 Å². The zero-order valence-electron chi connectivity index (χ0n) is 24.0. The predicted molar refractivity (Wildman–Crippen MR) is 153 cm³/mol. The highest BCUT2D eigenvalue weighted by molar-refractivity contribution is 4.83. The lowest BCUT2D eigenvalue weighted by molar-refractivity contribution is -0.697. The lowest BCUT2D eigenvalue weighted by Gasteiger charge is -2.10. The summed E-state index contributed by atoms with van der Waals surface area (Å²) in [5.41, 5.74) is 0. The molecule has 0 bridgehead atoms. The van der Waals surface area contributed by atoms with Crippen LogP contribution in [-0.4, -0.2) is 25.9 Å². The van der Waals surface area contributed by atoms with Crippen LogP contribution in [0.15, 0.2) is 30.6 Å². The predicted octanol–water partition coefficient (Wildman–Crippen LogP) is 9.22. The van der Waals surface area contributed by atoms with Gasteiger partial charge in [-0.05, 0) is 31.6 Å². The molecule has 0 aromatic carbocycles. The molecule has 0 amide bonds. The van der Waals surface area contributed by atoms with E-state index in [-0.39, 0.29) is 0 Å². The summed E-state index contributed by atoms with van der Waals surface area (Å²) < 4.78 is 14.2. The monoisotopic (exact) mass is 502 g/mol. The molecule has 208 valence electrons. The maximum absolute atomic E-state index is 6.01. The molecule has 0 saturated carbocycles. The van der Waals surface area contributed by atoms with E-state index in [4.69, 9.17) is 9.47 Å². The fourth-order valence-corrected chi connectivity index (χ4v) is 5.55. The minimum Gasteiger partial charge on any atom is -0.379 e. The number of nitrogens with zero attached hydrogens (tertiary/aromatic N) is 1. The minimum absolute atomic E-state index is 0.351. The first-order valence-corrected chi connectivity index (χ1v) is 16.0. The first kappa shape index (κ1) is 31.3.